The Morgan fingerprint density at radius 2 is 1.95 bits per heavy atom. The second-order valence-electron chi connectivity index (χ2n) is 4.88. The number of thioether (sulfide) groups is 1. The summed E-state index contributed by atoms with van der Waals surface area (Å²) >= 11 is 1.33. The van der Waals surface area contributed by atoms with Crippen LogP contribution < -0.4 is 5.32 Å². The Morgan fingerprint density at radius 3 is 2.77 bits per heavy atom. The van der Waals surface area contributed by atoms with E-state index < -0.39 is 0 Å². The largest absolute Gasteiger partial charge is 0.325 e. The maximum atomic E-state index is 12.0. The van der Waals surface area contributed by atoms with Crippen molar-refractivity contribution in [1.29, 1.82) is 0 Å². The van der Waals surface area contributed by atoms with Gasteiger partial charge in [0.25, 0.3) is 0 Å². The molecule has 0 bridgehead atoms. The van der Waals surface area contributed by atoms with Crippen LogP contribution in [0.1, 0.15) is 5.69 Å². The van der Waals surface area contributed by atoms with Crippen molar-refractivity contribution >= 4 is 34.1 Å². The number of anilines is 1. The van der Waals surface area contributed by atoms with Gasteiger partial charge in [-0.25, -0.2) is 9.97 Å². The third kappa shape index (κ3) is 3.62. The van der Waals surface area contributed by atoms with Gasteiger partial charge in [-0.15, -0.1) is 0 Å². The molecule has 0 aliphatic heterocycles. The summed E-state index contributed by atoms with van der Waals surface area (Å²) in [6.45, 7) is 1.90. The number of rotatable bonds is 4. The maximum absolute atomic E-state index is 12.0. The van der Waals surface area contributed by atoms with E-state index in [1.165, 1.54) is 11.8 Å². The molecule has 110 valence electrons. The van der Waals surface area contributed by atoms with Crippen molar-refractivity contribution in [1.82, 2.24) is 9.97 Å². The number of fused-ring (bicyclic) bond motifs is 1. The molecule has 0 radical (unpaired) electrons. The van der Waals surface area contributed by atoms with E-state index in [0.29, 0.717) is 5.16 Å². The first kappa shape index (κ1) is 14.5. The molecular formula is C17H15N3OS. The molecule has 1 heterocycles. The highest BCUT2D eigenvalue weighted by atomic mass is 32.2. The first-order valence-corrected chi connectivity index (χ1v) is 7.90. The van der Waals surface area contributed by atoms with E-state index in [9.17, 15) is 4.79 Å². The van der Waals surface area contributed by atoms with Crippen molar-refractivity contribution in [2.24, 2.45) is 0 Å². The van der Waals surface area contributed by atoms with Gasteiger partial charge in [-0.1, -0.05) is 42.1 Å². The molecule has 0 atom stereocenters. The van der Waals surface area contributed by atoms with Crippen LogP contribution in [0.4, 0.5) is 5.69 Å². The fraction of sp³-hybridized carbons (Fsp3) is 0.118. The average Bonchev–Trinajstić information content (AvgIpc) is 2.53. The predicted octanol–water partition coefficient (Wildman–Crippen LogP) is 3.67. The third-order valence-electron chi connectivity index (χ3n) is 3.14. The number of carbonyl (C=O) groups excluding carboxylic acids is 1. The van der Waals surface area contributed by atoms with Crippen LogP contribution >= 0.6 is 11.8 Å². The molecule has 0 aliphatic rings. The molecule has 1 N–H and O–H groups in total. The van der Waals surface area contributed by atoms with Crippen LogP contribution in [0.5, 0.6) is 0 Å². The second-order valence-corrected chi connectivity index (χ2v) is 5.82. The Labute approximate surface area is 133 Å². The first-order valence-electron chi connectivity index (χ1n) is 6.92. The highest BCUT2D eigenvalue weighted by Crippen LogP contribution is 2.19. The quantitative estimate of drug-likeness (QED) is 0.590. The van der Waals surface area contributed by atoms with E-state index in [1.54, 1.807) is 6.20 Å². The molecule has 0 fully saturated rings. The van der Waals surface area contributed by atoms with E-state index in [1.807, 2.05) is 55.5 Å². The zero-order valence-electron chi connectivity index (χ0n) is 12.1. The fourth-order valence-corrected chi connectivity index (χ4v) is 2.77. The summed E-state index contributed by atoms with van der Waals surface area (Å²) in [6.07, 6.45) is 1.70. The summed E-state index contributed by atoms with van der Waals surface area (Å²) in [4.78, 5) is 20.4. The van der Waals surface area contributed by atoms with Gasteiger partial charge in [0, 0.05) is 17.6 Å². The molecule has 0 spiro atoms. The lowest BCUT2D eigenvalue weighted by atomic mass is 10.1. The number of nitrogens with zero attached hydrogens (tertiary/aromatic N) is 2. The molecule has 3 aromatic rings. The first-order chi connectivity index (χ1) is 10.7. The Kier molecular flexibility index (Phi) is 4.34. The molecule has 3 rings (SSSR count). The number of carbonyl (C=O) groups is 1. The minimum Gasteiger partial charge on any atom is -0.325 e. The number of hydrogen-bond acceptors (Lipinski definition) is 4. The van der Waals surface area contributed by atoms with E-state index in [0.717, 1.165) is 22.2 Å². The molecule has 0 saturated carbocycles. The van der Waals surface area contributed by atoms with Gasteiger partial charge in [-0.05, 0) is 35.9 Å². The molecule has 5 heteroatoms. The van der Waals surface area contributed by atoms with Crippen molar-refractivity contribution < 1.29 is 4.79 Å². The van der Waals surface area contributed by atoms with Crippen molar-refractivity contribution in [2.75, 3.05) is 11.1 Å². The van der Waals surface area contributed by atoms with Gasteiger partial charge in [0.15, 0.2) is 5.16 Å². The molecule has 1 amide bonds. The summed E-state index contributed by atoms with van der Waals surface area (Å²) in [5.41, 5.74) is 1.70. The van der Waals surface area contributed by atoms with Gasteiger partial charge in [-0.2, -0.15) is 0 Å². The highest BCUT2D eigenvalue weighted by Gasteiger charge is 2.06. The molecule has 4 nitrogen and oxygen atoms in total. The predicted molar refractivity (Wildman–Crippen MR) is 90.1 cm³/mol. The Morgan fingerprint density at radius 1 is 1.14 bits per heavy atom. The van der Waals surface area contributed by atoms with Crippen LogP contribution in [0.3, 0.4) is 0 Å². The molecule has 0 unspecified atom stereocenters. The summed E-state index contributed by atoms with van der Waals surface area (Å²) in [5.74, 6) is 0.224. The van der Waals surface area contributed by atoms with Gasteiger partial charge in [-0.3, -0.25) is 4.79 Å². The third-order valence-corrected chi connectivity index (χ3v) is 4.00. The lowest BCUT2D eigenvalue weighted by molar-refractivity contribution is -0.113. The number of benzene rings is 2. The summed E-state index contributed by atoms with van der Waals surface area (Å²) < 4.78 is 0. The molecule has 22 heavy (non-hydrogen) atoms. The number of aryl methyl sites for hydroxylation is 1. The number of aromatic nitrogens is 2. The van der Waals surface area contributed by atoms with Crippen molar-refractivity contribution in [2.45, 2.75) is 12.1 Å². The number of nitrogens with one attached hydrogen (secondary N) is 1. The Hall–Kier alpha value is -2.40. The van der Waals surface area contributed by atoms with Crippen LogP contribution in [-0.4, -0.2) is 21.6 Å². The van der Waals surface area contributed by atoms with Crippen molar-refractivity contribution in [3.63, 3.8) is 0 Å². The standard InChI is InChI=1S/C17H15N3OS/c1-12-8-9-18-17(19-12)22-11-16(21)20-15-7-6-13-4-2-3-5-14(13)10-15/h2-10H,11H2,1H3,(H,20,21). The molecule has 1 aromatic heterocycles. The van der Waals surface area contributed by atoms with Gasteiger partial charge in [0.05, 0.1) is 5.75 Å². The minimum atomic E-state index is -0.0645. The van der Waals surface area contributed by atoms with E-state index in [4.69, 9.17) is 0 Å². The monoisotopic (exact) mass is 309 g/mol. The number of hydrogen-bond donors (Lipinski definition) is 1. The summed E-state index contributed by atoms with van der Waals surface area (Å²) in [5, 5.41) is 5.78. The lowest BCUT2D eigenvalue weighted by Gasteiger charge is -2.06. The molecule has 0 saturated heterocycles. The van der Waals surface area contributed by atoms with Gasteiger partial charge in [0.2, 0.25) is 5.91 Å². The van der Waals surface area contributed by atoms with Crippen LogP contribution in [0.2, 0.25) is 0 Å². The van der Waals surface area contributed by atoms with Crippen LogP contribution in [0.25, 0.3) is 10.8 Å². The Balaban J connectivity index is 1.63. The maximum Gasteiger partial charge on any atom is 0.234 e. The topological polar surface area (TPSA) is 54.9 Å². The van der Waals surface area contributed by atoms with Gasteiger partial charge < -0.3 is 5.32 Å². The van der Waals surface area contributed by atoms with Crippen molar-refractivity contribution in [3.05, 3.63) is 60.4 Å². The zero-order valence-corrected chi connectivity index (χ0v) is 12.9. The van der Waals surface area contributed by atoms with Gasteiger partial charge >= 0.3 is 0 Å². The molecule has 0 aliphatic carbocycles. The molecular weight excluding hydrogens is 294 g/mol. The van der Waals surface area contributed by atoms with Crippen LogP contribution in [0, 0.1) is 6.92 Å². The zero-order chi connectivity index (χ0) is 15.4. The summed E-state index contributed by atoms with van der Waals surface area (Å²) in [6, 6.07) is 15.8. The lowest BCUT2D eigenvalue weighted by Crippen LogP contribution is -2.14. The van der Waals surface area contributed by atoms with Crippen LogP contribution in [0.15, 0.2) is 59.9 Å². The van der Waals surface area contributed by atoms with Crippen molar-refractivity contribution in [3.8, 4) is 0 Å². The van der Waals surface area contributed by atoms with Crippen LogP contribution in [-0.2, 0) is 4.79 Å². The fourth-order valence-electron chi connectivity index (χ4n) is 2.09. The smallest absolute Gasteiger partial charge is 0.234 e. The van der Waals surface area contributed by atoms with E-state index in [-0.39, 0.29) is 11.7 Å². The second kappa shape index (κ2) is 6.58. The minimum absolute atomic E-state index is 0.0645. The van der Waals surface area contributed by atoms with E-state index in [2.05, 4.69) is 15.3 Å². The normalized spacial score (nSPS) is 10.6. The Bertz CT molecular complexity index is 820. The SMILES string of the molecule is Cc1ccnc(SCC(=O)Nc2ccc3ccccc3c2)n1. The number of amides is 1. The highest BCUT2D eigenvalue weighted by molar-refractivity contribution is 7.99. The van der Waals surface area contributed by atoms with E-state index >= 15 is 0 Å². The molecule has 2 aromatic carbocycles. The van der Waals surface area contributed by atoms with Gasteiger partial charge in [0.1, 0.15) is 0 Å². The average molecular weight is 309 g/mol. The summed E-state index contributed by atoms with van der Waals surface area (Å²) in [7, 11) is 0.